The molecule has 0 aliphatic carbocycles. The summed E-state index contributed by atoms with van der Waals surface area (Å²) in [4.78, 5) is 4.26. The van der Waals surface area contributed by atoms with Crippen LogP contribution in [0.1, 0.15) is 5.56 Å². The van der Waals surface area contributed by atoms with Crippen LogP contribution in [0, 0.1) is 0 Å². The number of nitrogens with zero attached hydrogens (tertiary/aromatic N) is 1. The normalized spacial score (nSPS) is 10.7. The van der Waals surface area contributed by atoms with E-state index in [-0.39, 0.29) is 5.75 Å². The fraction of sp³-hybridized carbons (Fsp3) is 0.0714. The molecule has 0 aliphatic rings. The lowest BCUT2D eigenvalue weighted by Crippen LogP contribution is -2.02. The number of fused-ring (bicyclic) bond motifs is 1. The second kappa shape index (κ2) is 4.53. The summed E-state index contributed by atoms with van der Waals surface area (Å²) in [6, 6.07) is 8.63. The number of benzene rings is 1. The number of aromatic hydroxyl groups is 1. The molecule has 3 rings (SSSR count). The van der Waals surface area contributed by atoms with Crippen LogP contribution in [0.15, 0.2) is 47.2 Å². The fourth-order valence-corrected chi connectivity index (χ4v) is 1.96. The van der Waals surface area contributed by atoms with Crippen molar-refractivity contribution in [3.8, 4) is 5.75 Å². The molecule has 5 nitrogen and oxygen atoms in total. The largest absolute Gasteiger partial charge is 0.508 e. The Morgan fingerprint density at radius 1 is 1.26 bits per heavy atom. The van der Waals surface area contributed by atoms with Gasteiger partial charge in [0.05, 0.1) is 11.6 Å². The number of nitrogens with one attached hydrogen (secondary N) is 1. The Labute approximate surface area is 109 Å². The molecule has 0 fully saturated rings. The minimum absolute atomic E-state index is 0.209. The van der Waals surface area contributed by atoms with Crippen molar-refractivity contribution in [2.45, 2.75) is 6.54 Å². The van der Waals surface area contributed by atoms with Crippen molar-refractivity contribution < 1.29 is 9.52 Å². The van der Waals surface area contributed by atoms with Gasteiger partial charge in [-0.15, -0.1) is 0 Å². The topological polar surface area (TPSA) is 84.3 Å². The SMILES string of the molecule is Nc1ccc(O)c(CNc2nccc3occc23)c1. The molecule has 3 aromatic rings. The van der Waals surface area contributed by atoms with Crippen LogP contribution < -0.4 is 11.1 Å². The van der Waals surface area contributed by atoms with E-state index in [9.17, 15) is 5.11 Å². The fourth-order valence-electron chi connectivity index (χ4n) is 1.96. The Balaban J connectivity index is 1.86. The molecule has 0 radical (unpaired) electrons. The molecule has 0 aliphatic heterocycles. The van der Waals surface area contributed by atoms with Gasteiger partial charge in [0.25, 0.3) is 0 Å². The molecule has 0 bridgehead atoms. The van der Waals surface area contributed by atoms with Gasteiger partial charge in [-0.25, -0.2) is 4.98 Å². The molecule has 19 heavy (non-hydrogen) atoms. The molecule has 1 aromatic carbocycles. The van der Waals surface area contributed by atoms with Crippen molar-refractivity contribution in [1.82, 2.24) is 4.98 Å². The third-order valence-corrected chi connectivity index (χ3v) is 2.93. The average Bonchev–Trinajstić information content (AvgIpc) is 2.88. The summed E-state index contributed by atoms with van der Waals surface area (Å²) >= 11 is 0. The summed E-state index contributed by atoms with van der Waals surface area (Å²) in [5.74, 6) is 0.925. The van der Waals surface area contributed by atoms with Gasteiger partial charge in [0.2, 0.25) is 0 Å². The van der Waals surface area contributed by atoms with Gasteiger partial charge in [-0.2, -0.15) is 0 Å². The van der Waals surface area contributed by atoms with Crippen LogP contribution >= 0.6 is 0 Å². The standard InChI is InChI=1S/C14H13N3O2/c15-10-1-2-12(18)9(7-10)8-17-14-11-4-6-19-13(11)3-5-16-14/h1-7,18H,8,15H2,(H,16,17). The molecule has 2 aromatic heterocycles. The first-order valence-corrected chi connectivity index (χ1v) is 5.87. The number of phenols is 1. The predicted molar refractivity (Wildman–Crippen MR) is 73.9 cm³/mol. The van der Waals surface area contributed by atoms with Crippen molar-refractivity contribution in [2.75, 3.05) is 11.1 Å². The van der Waals surface area contributed by atoms with E-state index < -0.39 is 0 Å². The van der Waals surface area contributed by atoms with E-state index in [1.807, 2.05) is 6.07 Å². The highest BCUT2D eigenvalue weighted by Crippen LogP contribution is 2.24. The molecule has 0 amide bonds. The molecule has 4 N–H and O–H groups in total. The highest BCUT2D eigenvalue weighted by atomic mass is 16.3. The van der Waals surface area contributed by atoms with Gasteiger partial charge < -0.3 is 20.6 Å². The van der Waals surface area contributed by atoms with E-state index in [2.05, 4.69) is 10.3 Å². The molecule has 2 heterocycles. The molecule has 0 saturated carbocycles. The summed E-state index contributed by atoms with van der Waals surface area (Å²) < 4.78 is 5.30. The number of rotatable bonds is 3. The van der Waals surface area contributed by atoms with Crippen LogP contribution in [0.4, 0.5) is 11.5 Å². The molecular weight excluding hydrogens is 242 g/mol. The molecular formula is C14H13N3O2. The highest BCUT2D eigenvalue weighted by Gasteiger charge is 2.06. The molecule has 96 valence electrons. The predicted octanol–water partition coefficient (Wildman–Crippen LogP) is 2.73. The maximum absolute atomic E-state index is 9.75. The second-order valence-electron chi connectivity index (χ2n) is 4.23. The second-order valence-corrected chi connectivity index (χ2v) is 4.23. The zero-order valence-electron chi connectivity index (χ0n) is 10.1. The van der Waals surface area contributed by atoms with Crippen molar-refractivity contribution in [3.63, 3.8) is 0 Å². The van der Waals surface area contributed by atoms with E-state index in [0.29, 0.717) is 18.1 Å². The van der Waals surface area contributed by atoms with E-state index in [1.165, 1.54) is 0 Å². The van der Waals surface area contributed by atoms with E-state index in [4.69, 9.17) is 10.2 Å². The number of nitrogens with two attached hydrogens (primary N) is 1. The minimum atomic E-state index is 0.209. The van der Waals surface area contributed by atoms with Gasteiger partial charge in [0.15, 0.2) is 0 Å². The van der Waals surface area contributed by atoms with Crippen LogP contribution in [0.5, 0.6) is 5.75 Å². The number of nitrogen functional groups attached to an aromatic ring is 1. The van der Waals surface area contributed by atoms with Gasteiger partial charge in [-0.1, -0.05) is 0 Å². The van der Waals surface area contributed by atoms with Gasteiger partial charge in [0.1, 0.15) is 17.2 Å². The lowest BCUT2D eigenvalue weighted by atomic mass is 10.1. The maximum atomic E-state index is 9.75. The molecule has 0 unspecified atom stereocenters. The number of aromatic nitrogens is 1. The Morgan fingerprint density at radius 3 is 3.05 bits per heavy atom. The Kier molecular flexibility index (Phi) is 2.72. The third-order valence-electron chi connectivity index (χ3n) is 2.93. The van der Waals surface area contributed by atoms with Gasteiger partial charge in [0, 0.05) is 24.0 Å². The van der Waals surface area contributed by atoms with Crippen LogP contribution in [0.3, 0.4) is 0 Å². The van der Waals surface area contributed by atoms with Crippen LogP contribution in [-0.2, 0) is 6.54 Å². The number of phenolic OH excluding ortho intramolecular Hbond substituents is 1. The van der Waals surface area contributed by atoms with Gasteiger partial charge >= 0.3 is 0 Å². The maximum Gasteiger partial charge on any atom is 0.139 e. The number of hydrogen-bond acceptors (Lipinski definition) is 5. The van der Waals surface area contributed by atoms with Crippen molar-refractivity contribution in [2.24, 2.45) is 0 Å². The molecule has 0 atom stereocenters. The van der Waals surface area contributed by atoms with Crippen LogP contribution in [0.25, 0.3) is 11.0 Å². The van der Waals surface area contributed by atoms with Gasteiger partial charge in [-0.05, 0) is 30.3 Å². The first-order valence-electron chi connectivity index (χ1n) is 5.87. The highest BCUT2D eigenvalue weighted by molar-refractivity contribution is 5.87. The zero-order chi connectivity index (χ0) is 13.2. The molecule has 0 saturated heterocycles. The number of anilines is 2. The zero-order valence-corrected chi connectivity index (χ0v) is 10.1. The van der Waals surface area contributed by atoms with E-state index in [1.54, 1.807) is 36.7 Å². The summed E-state index contributed by atoms with van der Waals surface area (Å²) in [5, 5.41) is 13.8. The molecule has 0 spiro atoms. The lowest BCUT2D eigenvalue weighted by Gasteiger charge is -2.08. The van der Waals surface area contributed by atoms with Crippen LogP contribution in [0.2, 0.25) is 0 Å². The first kappa shape index (κ1) is 11.4. The number of furan rings is 1. The average molecular weight is 255 g/mol. The number of hydrogen-bond donors (Lipinski definition) is 3. The monoisotopic (exact) mass is 255 g/mol. The lowest BCUT2D eigenvalue weighted by molar-refractivity contribution is 0.469. The van der Waals surface area contributed by atoms with Crippen molar-refractivity contribution in [1.29, 1.82) is 0 Å². The Morgan fingerprint density at radius 2 is 2.16 bits per heavy atom. The minimum Gasteiger partial charge on any atom is -0.508 e. The number of pyridine rings is 1. The van der Waals surface area contributed by atoms with Crippen molar-refractivity contribution in [3.05, 3.63) is 48.4 Å². The Bertz CT molecular complexity index is 722. The van der Waals surface area contributed by atoms with E-state index in [0.717, 1.165) is 16.5 Å². The smallest absolute Gasteiger partial charge is 0.139 e. The van der Waals surface area contributed by atoms with E-state index >= 15 is 0 Å². The summed E-state index contributed by atoms with van der Waals surface area (Å²) in [6.07, 6.45) is 3.29. The summed E-state index contributed by atoms with van der Waals surface area (Å²) in [6.45, 7) is 0.439. The molecule has 5 heteroatoms. The summed E-state index contributed by atoms with van der Waals surface area (Å²) in [5.41, 5.74) is 7.81. The van der Waals surface area contributed by atoms with Gasteiger partial charge in [-0.3, -0.25) is 0 Å². The quantitative estimate of drug-likeness (QED) is 0.495. The third kappa shape index (κ3) is 2.18. The van der Waals surface area contributed by atoms with Crippen molar-refractivity contribution >= 4 is 22.5 Å². The van der Waals surface area contributed by atoms with Crippen LogP contribution in [-0.4, -0.2) is 10.1 Å². The first-order chi connectivity index (χ1) is 9.24. The summed E-state index contributed by atoms with van der Waals surface area (Å²) in [7, 11) is 0. The Hall–Kier alpha value is -2.69.